The number of ether oxygens (including phenoxy) is 2. The van der Waals surface area contributed by atoms with Crippen molar-refractivity contribution in [3.8, 4) is 0 Å². The highest BCUT2D eigenvalue weighted by molar-refractivity contribution is 6.10. The lowest BCUT2D eigenvalue weighted by molar-refractivity contribution is -0.167. The number of carbonyl (C=O) groups is 1. The van der Waals surface area contributed by atoms with Crippen LogP contribution in [0.5, 0.6) is 0 Å². The number of anilines is 2. The van der Waals surface area contributed by atoms with Gasteiger partial charge in [0, 0.05) is 23.3 Å². The third-order valence-corrected chi connectivity index (χ3v) is 5.31. The van der Waals surface area contributed by atoms with Gasteiger partial charge in [-0.1, -0.05) is 13.8 Å². The van der Waals surface area contributed by atoms with Crippen molar-refractivity contribution < 1.29 is 24.5 Å². The van der Waals surface area contributed by atoms with Gasteiger partial charge in [-0.05, 0) is 6.92 Å². The molecule has 2 aromatic heterocycles. The second-order valence-corrected chi connectivity index (χ2v) is 7.90. The number of nitrogens with one attached hydrogen (secondary N) is 1. The number of aromatic nitrogens is 2. The molecule has 2 aliphatic heterocycles. The van der Waals surface area contributed by atoms with Crippen molar-refractivity contribution in [3.63, 3.8) is 0 Å². The van der Waals surface area contributed by atoms with Gasteiger partial charge in [0.1, 0.15) is 23.3 Å². The molecule has 4 atom stereocenters. The van der Waals surface area contributed by atoms with Crippen LogP contribution in [0.15, 0.2) is 22.1 Å². The van der Waals surface area contributed by atoms with Crippen LogP contribution in [0, 0.1) is 5.92 Å². The van der Waals surface area contributed by atoms with E-state index in [4.69, 9.17) is 15.2 Å². The molecule has 0 bridgehead atoms. The van der Waals surface area contributed by atoms with Gasteiger partial charge in [-0.25, -0.2) is 4.99 Å². The van der Waals surface area contributed by atoms with Gasteiger partial charge in [0.25, 0.3) is 5.56 Å². The maximum Gasteiger partial charge on any atom is 0.308 e. The van der Waals surface area contributed by atoms with Crippen molar-refractivity contribution in [1.29, 1.82) is 0 Å². The Balaban J connectivity index is 1.85. The predicted molar refractivity (Wildman–Crippen MR) is 109 cm³/mol. The number of nitrogens with two attached hydrogens (primary N) is 1. The first-order chi connectivity index (χ1) is 14.1. The van der Waals surface area contributed by atoms with Gasteiger partial charge in [-0.2, -0.15) is 4.98 Å². The maximum absolute atomic E-state index is 12.2. The average molecular weight is 417 g/mol. The van der Waals surface area contributed by atoms with E-state index < -0.39 is 48.1 Å². The van der Waals surface area contributed by atoms with E-state index in [9.17, 15) is 19.8 Å². The summed E-state index contributed by atoms with van der Waals surface area (Å²) < 4.78 is 12.9. The summed E-state index contributed by atoms with van der Waals surface area (Å²) in [6.07, 6.45) is -0.156. The number of esters is 1. The Morgan fingerprint density at radius 1 is 1.50 bits per heavy atom. The lowest BCUT2D eigenvalue weighted by Gasteiger charge is -2.31. The Hall–Kier alpha value is -3.02. The molecule has 4 rings (SSSR count). The Morgan fingerprint density at radius 3 is 2.90 bits per heavy atom. The van der Waals surface area contributed by atoms with Crippen LogP contribution in [0.4, 0.5) is 17.3 Å². The molecule has 0 aliphatic carbocycles. The molecule has 30 heavy (non-hydrogen) atoms. The van der Waals surface area contributed by atoms with Crippen molar-refractivity contribution in [2.75, 3.05) is 17.7 Å². The molecule has 4 heterocycles. The molecule has 11 heteroatoms. The first-order valence-electron chi connectivity index (χ1n) is 9.48. The molecule has 160 valence electrons. The van der Waals surface area contributed by atoms with Gasteiger partial charge in [0.2, 0.25) is 0 Å². The van der Waals surface area contributed by atoms with Crippen LogP contribution in [-0.2, 0) is 14.3 Å². The second kappa shape index (κ2) is 7.04. The van der Waals surface area contributed by atoms with E-state index in [0.717, 1.165) is 0 Å². The highest BCUT2D eigenvalue weighted by Crippen LogP contribution is 2.46. The Bertz CT molecular complexity index is 1110. The topological polar surface area (TPSA) is 161 Å². The van der Waals surface area contributed by atoms with Crippen LogP contribution >= 0.6 is 0 Å². The van der Waals surface area contributed by atoms with Gasteiger partial charge in [-0.15, -0.1) is 0 Å². The number of aliphatic hydroxyl groups excluding tert-OH is 1. The number of carbonyl (C=O) groups excluding carboxylic acids is 1. The molecule has 0 unspecified atom stereocenters. The van der Waals surface area contributed by atoms with Gasteiger partial charge >= 0.3 is 5.97 Å². The van der Waals surface area contributed by atoms with E-state index >= 15 is 0 Å². The normalized spacial score (nSPS) is 27.5. The molecule has 0 saturated carbocycles. The maximum atomic E-state index is 12.2. The molecule has 2 aromatic rings. The number of hydrogen-bond donors (Lipinski definition) is 4. The zero-order chi connectivity index (χ0) is 21.8. The molecule has 0 amide bonds. The van der Waals surface area contributed by atoms with Crippen LogP contribution in [-0.4, -0.2) is 56.5 Å². The quantitative estimate of drug-likeness (QED) is 0.512. The zero-order valence-electron chi connectivity index (χ0n) is 16.7. The Kier molecular flexibility index (Phi) is 4.76. The van der Waals surface area contributed by atoms with E-state index in [1.807, 2.05) is 0 Å². The lowest BCUT2D eigenvalue weighted by atomic mass is 9.96. The molecule has 0 radical (unpaired) electrons. The summed E-state index contributed by atoms with van der Waals surface area (Å²) >= 11 is 0. The minimum atomic E-state index is -1.70. The van der Waals surface area contributed by atoms with Gasteiger partial charge in [0.05, 0.1) is 24.2 Å². The SMILES string of the molecule is CC(C)C(=O)O[C@@H]1[C@@H](CO)O[C@@H](n2cc3c(N)cc(=O)nc4c3c2N=CN4)[C@]1(C)O. The fraction of sp³-hybridized carbons (Fsp3) is 0.474. The Labute approximate surface area is 171 Å². The van der Waals surface area contributed by atoms with E-state index in [0.29, 0.717) is 16.6 Å². The summed E-state index contributed by atoms with van der Waals surface area (Å²) in [6.45, 7) is 4.34. The average Bonchev–Trinajstić information content (AvgIpc) is 3.13. The molecule has 11 nitrogen and oxygen atoms in total. The van der Waals surface area contributed by atoms with E-state index in [1.54, 1.807) is 24.6 Å². The number of nitrogen functional groups attached to an aromatic ring is 1. The smallest absolute Gasteiger partial charge is 0.308 e. The second-order valence-electron chi connectivity index (χ2n) is 7.90. The molecule has 0 aromatic carbocycles. The van der Waals surface area contributed by atoms with Gasteiger partial charge in [-0.3, -0.25) is 9.59 Å². The third-order valence-electron chi connectivity index (χ3n) is 5.31. The molecule has 1 saturated heterocycles. The van der Waals surface area contributed by atoms with Crippen molar-refractivity contribution in [2.45, 2.75) is 44.8 Å². The number of aliphatic imine (C=N–C) groups is 1. The molecule has 5 N–H and O–H groups in total. The number of rotatable bonds is 4. The summed E-state index contributed by atoms with van der Waals surface area (Å²) in [4.78, 5) is 32.4. The zero-order valence-corrected chi connectivity index (χ0v) is 16.7. The van der Waals surface area contributed by atoms with Crippen LogP contribution in [0.2, 0.25) is 0 Å². The molecular weight excluding hydrogens is 394 g/mol. The fourth-order valence-corrected chi connectivity index (χ4v) is 3.78. The summed E-state index contributed by atoms with van der Waals surface area (Å²) in [7, 11) is 0. The summed E-state index contributed by atoms with van der Waals surface area (Å²) in [5.74, 6) is -0.309. The van der Waals surface area contributed by atoms with Gasteiger partial charge < -0.3 is 35.3 Å². The summed E-state index contributed by atoms with van der Waals surface area (Å²) in [5, 5.41) is 24.9. The number of nitrogens with zero attached hydrogens (tertiary/aromatic N) is 3. The van der Waals surface area contributed by atoms with Crippen LogP contribution in [0.25, 0.3) is 10.8 Å². The van der Waals surface area contributed by atoms with E-state index in [2.05, 4.69) is 15.3 Å². The summed E-state index contributed by atoms with van der Waals surface area (Å²) in [5.41, 5.74) is 4.05. The largest absolute Gasteiger partial charge is 0.456 e. The minimum absolute atomic E-state index is 0.187. The standard InChI is InChI=1S/C19H23N5O6/c1-8(2)17(27)30-14-11(6-25)29-18(19(14,3)28)24-5-9-10(20)4-12(26)23-15-13(9)16(24)22-7-21-15/h4-5,7-8,11,14,18,25,28H,6,20H2,1-3H3,(H,21,22,23,26)/t11-,14-,18-,19-/m1/s1. The van der Waals surface area contributed by atoms with Crippen molar-refractivity contribution in [1.82, 2.24) is 9.55 Å². The summed E-state index contributed by atoms with van der Waals surface area (Å²) in [6, 6.07) is 1.20. The predicted octanol–water partition coefficient (Wildman–Crippen LogP) is 0.272. The molecule has 1 fully saturated rings. The van der Waals surface area contributed by atoms with Crippen molar-refractivity contribution in [2.24, 2.45) is 10.9 Å². The first-order valence-corrected chi connectivity index (χ1v) is 9.48. The molecular formula is C19H23N5O6. The van der Waals surface area contributed by atoms with E-state index in [-0.39, 0.29) is 11.5 Å². The number of hydrogen-bond acceptors (Lipinski definition) is 10. The molecule has 2 aliphatic rings. The highest BCUT2D eigenvalue weighted by Gasteiger charge is 2.56. The monoisotopic (exact) mass is 417 g/mol. The lowest BCUT2D eigenvalue weighted by Crippen LogP contribution is -2.47. The van der Waals surface area contributed by atoms with Crippen molar-refractivity contribution in [3.05, 3.63) is 22.6 Å². The fourth-order valence-electron chi connectivity index (χ4n) is 3.78. The van der Waals surface area contributed by atoms with Crippen molar-refractivity contribution >= 4 is 40.4 Å². The van der Waals surface area contributed by atoms with Crippen LogP contribution in [0.1, 0.15) is 27.0 Å². The van der Waals surface area contributed by atoms with Crippen LogP contribution < -0.4 is 16.6 Å². The van der Waals surface area contributed by atoms with Gasteiger partial charge in [0.15, 0.2) is 12.3 Å². The Morgan fingerprint density at radius 2 is 2.23 bits per heavy atom. The van der Waals surface area contributed by atoms with Crippen LogP contribution in [0.3, 0.4) is 0 Å². The highest BCUT2D eigenvalue weighted by atomic mass is 16.6. The molecule has 0 spiro atoms. The third kappa shape index (κ3) is 3.02. The minimum Gasteiger partial charge on any atom is -0.456 e. The first kappa shape index (κ1) is 20.3. The van der Waals surface area contributed by atoms with E-state index in [1.165, 1.54) is 19.3 Å². The number of aliphatic hydroxyl groups is 2.